The SMILES string of the molecule is CC(NC1CC=CCC1)c1cc2ccccc2o1. The van der Waals surface area contributed by atoms with Gasteiger partial charge in [-0.3, -0.25) is 0 Å². The minimum atomic E-state index is 0.272. The molecule has 0 saturated carbocycles. The van der Waals surface area contributed by atoms with Crippen LogP contribution < -0.4 is 5.32 Å². The van der Waals surface area contributed by atoms with Crippen LogP contribution in [0, 0.1) is 0 Å². The lowest BCUT2D eigenvalue weighted by molar-refractivity contribution is 0.382. The maximum Gasteiger partial charge on any atom is 0.134 e. The van der Waals surface area contributed by atoms with Gasteiger partial charge in [-0.05, 0) is 38.3 Å². The monoisotopic (exact) mass is 241 g/mol. The van der Waals surface area contributed by atoms with E-state index >= 15 is 0 Å². The van der Waals surface area contributed by atoms with E-state index < -0.39 is 0 Å². The summed E-state index contributed by atoms with van der Waals surface area (Å²) in [6.07, 6.45) is 8.08. The summed E-state index contributed by atoms with van der Waals surface area (Å²) in [7, 11) is 0. The van der Waals surface area contributed by atoms with Gasteiger partial charge in [0.05, 0.1) is 6.04 Å². The Kier molecular flexibility index (Phi) is 3.20. The Morgan fingerprint density at radius 1 is 1.28 bits per heavy atom. The fourth-order valence-electron chi connectivity index (χ4n) is 2.60. The highest BCUT2D eigenvalue weighted by Gasteiger charge is 2.16. The van der Waals surface area contributed by atoms with Crippen LogP contribution >= 0.6 is 0 Å². The van der Waals surface area contributed by atoms with Crippen LogP contribution in [0.1, 0.15) is 38.0 Å². The normalized spacial score (nSPS) is 21.3. The molecule has 1 aliphatic rings. The Hall–Kier alpha value is -1.54. The van der Waals surface area contributed by atoms with E-state index in [9.17, 15) is 0 Å². The number of furan rings is 1. The minimum absolute atomic E-state index is 0.272. The average Bonchev–Trinajstić information content (AvgIpc) is 2.84. The van der Waals surface area contributed by atoms with Crippen molar-refractivity contribution in [3.63, 3.8) is 0 Å². The fraction of sp³-hybridized carbons (Fsp3) is 0.375. The molecular weight excluding hydrogens is 222 g/mol. The predicted molar refractivity (Wildman–Crippen MR) is 74.5 cm³/mol. The lowest BCUT2D eigenvalue weighted by Crippen LogP contribution is -2.31. The molecule has 0 spiro atoms. The average molecular weight is 241 g/mol. The van der Waals surface area contributed by atoms with Crippen molar-refractivity contribution in [3.05, 3.63) is 48.2 Å². The van der Waals surface area contributed by atoms with Gasteiger partial charge in [-0.15, -0.1) is 0 Å². The van der Waals surface area contributed by atoms with Crippen molar-refractivity contribution in [1.29, 1.82) is 0 Å². The van der Waals surface area contributed by atoms with Gasteiger partial charge in [0.15, 0.2) is 0 Å². The third-order valence-corrected chi connectivity index (χ3v) is 3.63. The molecule has 0 saturated heterocycles. The number of nitrogens with one attached hydrogen (secondary N) is 1. The van der Waals surface area contributed by atoms with Gasteiger partial charge in [-0.25, -0.2) is 0 Å². The standard InChI is InChI=1S/C16H19NO/c1-12(17-14-8-3-2-4-9-14)16-11-13-7-5-6-10-15(13)18-16/h2-3,5-7,10-12,14,17H,4,8-9H2,1H3. The number of hydrogen-bond donors (Lipinski definition) is 1. The molecule has 1 aliphatic carbocycles. The van der Waals surface area contributed by atoms with E-state index in [-0.39, 0.29) is 6.04 Å². The van der Waals surface area contributed by atoms with Crippen molar-refractivity contribution in [2.24, 2.45) is 0 Å². The molecular formula is C16H19NO. The van der Waals surface area contributed by atoms with E-state index in [1.807, 2.05) is 18.2 Å². The number of fused-ring (bicyclic) bond motifs is 1. The number of rotatable bonds is 3. The minimum Gasteiger partial charge on any atom is -0.459 e. The first kappa shape index (κ1) is 11.5. The van der Waals surface area contributed by atoms with E-state index in [0.29, 0.717) is 6.04 Å². The van der Waals surface area contributed by atoms with Crippen LogP contribution in [-0.4, -0.2) is 6.04 Å². The number of hydrogen-bond acceptors (Lipinski definition) is 2. The summed E-state index contributed by atoms with van der Waals surface area (Å²) in [6, 6.07) is 11.2. The summed E-state index contributed by atoms with van der Waals surface area (Å²) >= 11 is 0. The van der Waals surface area contributed by atoms with Crippen molar-refractivity contribution in [3.8, 4) is 0 Å². The lowest BCUT2D eigenvalue weighted by atomic mass is 10.0. The molecule has 0 fully saturated rings. The third-order valence-electron chi connectivity index (χ3n) is 3.63. The number of allylic oxidation sites excluding steroid dienone is 1. The first-order valence-corrected chi connectivity index (χ1v) is 6.72. The highest BCUT2D eigenvalue weighted by molar-refractivity contribution is 5.77. The molecule has 2 heteroatoms. The highest BCUT2D eigenvalue weighted by Crippen LogP contribution is 2.25. The van der Waals surface area contributed by atoms with Crippen molar-refractivity contribution < 1.29 is 4.42 Å². The van der Waals surface area contributed by atoms with Crippen molar-refractivity contribution >= 4 is 11.0 Å². The molecule has 1 aromatic heterocycles. The third kappa shape index (κ3) is 2.34. The maximum absolute atomic E-state index is 5.89. The largest absolute Gasteiger partial charge is 0.459 e. The molecule has 0 amide bonds. The summed E-state index contributed by atoms with van der Waals surface area (Å²) in [6.45, 7) is 2.18. The quantitative estimate of drug-likeness (QED) is 0.815. The van der Waals surface area contributed by atoms with Gasteiger partial charge in [-0.2, -0.15) is 0 Å². The number of benzene rings is 1. The Labute approximate surface area is 108 Å². The zero-order chi connectivity index (χ0) is 12.4. The Morgan fingerprint density at radius 3 is 2.94 bits per heavy atom. The van der Waals surface area contributed by atoms with Gasteiger partial charge in [0.25, 0.3) is 0 Å². The summed E-state index contributed by atoms with van der Waals surface area (Å²) in [4.78, 5) is 0. The van der Waals surface area contributed by atoms with Crippen molar-refractivity contribution in [2.75, 3.05) is 0 Å². The van der Waals surface area contributed by atoms with Gasteiger partial charge < -0.3 is 9.73 Å². The van der Waals surface area contributed by atoms with Crippen LogP contribution in [0.2, 0.25) is 0 Å². The van der Waals surface area contributed by atoms with E-state index in [1.54, 1.807) is 0 Å². The van der Waals surface area contributed by atoms with Crippen LogP contribution in [0.3, 0.4) is 0 Å². The zero-order valence-corrected chi connectivity index (χ0v) is 10.7. The summed E-state index contributed by atoms with van der Waals surface area (Å²) in [5, 5.41) is 4.84. The molecule has 2 unspecified atom stereocenters. The lowest BCUT2D eigenvalue weighted by Gasteiger charge is -2.22. The van der Waals surface area contributed by atoms with Crippen LogP contribution in [0.4, 0.5) is 0 Å². The van der Waals surface area contributed by atoms with E-state index in [4.69, 9.17) is 4.42 Å². The van der Waals surface area contributed by atoms with Gasteiger partial charge in [0, 0.05) is 11.4 Å². The molecule has 2 atom stereocenters. The molecule has 1 N–H and O–H groups in total. The molecule has 2 nitrogen and oxygen atoms in total. The topological polar surface area (TPSA) is 25.2 Å². The second-order valence-electron chi connectivity index (χ2n) is 5.06. The van der Waals surface area contributed by atoms with Crippen LogP contribution in [0.15, 0.2) is 46.9 Å². The van der Waals surface area contributed by atoms with Crippen molar-refractivity contribution in [2.45, 2.75) is 38.3 Å². The molecule has 1 heterocycles. The van der Waals surface area contributed by atoms with Crippen molar-refractivity contribution in [1.82, 2.24) is 5.32 Å². The Morgan fingerprint density at radius 2 is 2.17 bits per heavy atom. The molecule has 0 radical (unpaired) electrons. The van der Waals surface area contributed by atoms with Gasteiger partial charge in [0.2, 0.25) is 0 Å². The summed E-state index contributed by atoms with van der Waals surface area (Å²) in [5.41, 5.74) is 0.977. The van der Waals surface area contributed by atoms with Gasteiger partial charge in [-0.1, -0.05) is 30.4 Å². The molecule has 3 rings (SSSR count). The van der Waals surface area contributed by atoms with E-state index in [2.05, 4.69) is 36.5 Å². The smallest absolute Gasteiger partial charge is 0.134 e. The van der Waals surface area contributed by atoms with Crippen LogP contribution in [0.5, 0.6) is 0 Å². The summed E-state index contributed by atoms with van der Waals surface area (Å²) in [5.74, 6) is 1.03. The Balaban J connectivity index is 1.74. The first-order valence-electron chi connectivity index (χ1n) is 6.72. The zero-order valence-electron chi connectivity index (χ0n) is 10.7. The van der Waals surface area contributed by atoms with E-state index in [0.717, 1.165) is 17.8 Å². The highest BCUT2D eigenvalue weighted by atomic mass is 16.3. The molecule has 2 aromatic rings. The van der Waals surface area contributed by atoms with Gasteiger partial charge in [0.1, 0.15) is 11.3 Å². The maximum atomic E-state index is 5.89. The van der Waals surface area contributed by atoms with Gasteiger partial charge >= 0.3 is 0 Å². The predicted octanol–water partition coefficient (Wildman–Crippen LogP) is 4.19. The first-order chi connectivity index (χ1) is 8.83. The Bertz CT molecular complexity index is 522. The number of para-hydroxylation sites is 1. The molecule has 1 aromatic carbocycles. The van der Waals surface area contributed by atoms with Crippen LogP contribution in [0.25, 0.3) is 11.0 Å². The molecule has 0 bridgehead atoms. The second-order valence-corrected chi connectivity index (χ2v) is 5.06. The summed E-state index contributed by atoms with van der Waals surface area (Å²) < 4.78 is 5.89. The molecule has 18 heavy (non-hydrogen) atoms. The van der Waals surface area contributed by atoms with E-state index in [1.165, 1.54) is 18.2 Å². The van der Waals surface area contributed by atoms with Crippen LogP contribution in [-0.2, 0) is 0 Å². The molecule has 94 valence electrons. The fourth-order valence-corrected chi connectivity index (χ4v) is 2.60. The molecule has 0 aliphatic heterocycles. The second kappa shape index (κ2) is 4.99.